The number of nitrogens with zero attached hydrogens (tertiary/aromatic N) is 3. The van der Waals surface area contributed by atoms with E-state index in [1.807, 2.05) is 6.07 Å². The van der Waals surface area contributed by atoms with Gasteiger partial charge in [-0.05, 0) is 25.1 Å². The van der Waals surface area contributed by atoms with Crippen LogP contribution in [0.1, 0.15) is 17.4 Å². The van der Waals surface area contributed by atoms with Crippen LogP contribution in [0.3, 0.4) is 0 Å². The number of rotatable bonds is 10. The molecular formula is C20H23ClN4O3. The average Bonchev–Trinajstić information content (AvgIpc) is 3.16. The van der Waals surface area contributed by atoms with Crippen LogP contribution in [0, 0.1) is 0 Å². The van der Waals surface area contributed by atoms with Crippen LogP contribution in [0.4, 0.5) is 0 Å². The molecule has 0 spiro atoms. The third kappa shape index (κ3) is 5.72. The number of hydrogen-bond donors (Lipinski definition) is 1. The van der Waals surface area contributed by atoms with Crippen molar-refractivity contribution in [2.24, 2.45) is 0 Å². The quantitative estimate of drug-likeness (QED) is 0.620. The summed E-state index contributed by atoms with van der Waals surface area (Å²) >= 11 is 6.04. The van der Waals surface area contributed by atoms with E-state index in [4.69, 9.17) is 16.3 Å². The second-order valence-corrected chi connectivity index (χ2v) is 6.37. The number of para-hydroxylation sites is 1. The van der Waals surface area contributed by atoms with Gasteiger partial charge in [0, 0.05) is 19.3 Å². The fourth-order valence-corrected chi connectivity index (χ4v) is 2.61. The van der Waals surface area contributed by atoms with Crippen LogP contribution in [0.25, 0.3) is 0 Å². The number of carbonyl (C=O) groups excluding carboxylic acids is 2. The smallest absolute Gasteiger partial charge is 0.272 e. The Labute approximate surface area is 169 Å². The number of ether oxygens (including phenoxy) is 1. The fourth-order valence-electron chi connectivity index (χ4n) is 2.42. The molecule has 1 N–H and O–H groups in total. The maximum atomic E-state index is 12.4. The third-order valence-corrected chi connectivity index (χ3v) is 4.10. The summed E-state index contributed by atoms with van der Waals surface area (Å²) in [5.41, 5.74) is 0.182. The van der Waals surface area contributed by atoms with Crippen LogP contribution < -0.4 is 10.1 Å². The lowest BCUT2D eigenvalue weighted by atomic mass is 10.2. The van der Waals surface area contributed by atoms with Crippen LogP contribution in [-0.2, 0) is 11.5 Å². The molecule has 2 aromatic rings. The molecule has 2 amide bonds. The first-order valence-electron chi connectivity index (χ1n) is 8.68. The number of carbonyl (C=O) groups is 2. The number of benzene rings is 1. The number of hydrogen-bond acceptors (Lipinski definition) is 4. The summed E-state index contributed by atoms with van der Waals surface area (Å²) in [5, 5.41) is 7.31. The molecule has 0 aliphatic carbocycles. The zero-order chi connectivity index (χ0) is 20.5. The van der Waals surface area contributed by atoms with Crippen molar-refractivity contribution < 1.29 is 14.3 Å². The number of nitrogens with one attached hydrogen (secondary N) is 1. The number of amides is 2. The molecule has 0 fully saturated rings. The molecule has 0 saturated heterocycles. The maximum Gasteiger partial charge on any atom is 0.272 e. The molecule has 28 heavy (non-hydrogen) atoms. The first-order chi connectivity index (χ1) is 13.5. The number of aromatic nitrogens is 2. The van der Waals surface area contributed by atoms with Crippen molar-refractivity contribution >= 4 is 23.4 Å². The lowest BCUT2D eigenvalue weighted by molar-refractivity contribution is -0.131. The minimum atomic E-state index is -0.711. The van der Waals surface area contributed by atoms with E-state index in [0.29, 0.717) is 23.9 Å². The fraction of sp³-hybridized carbons (Fsp3) is 0.250. The molecule has 1 atom stereocenters. The summed E-state index contributed by atoms with van der Waals surface area (Å²) in [5.74, 6) is -0.154. The first kappa shape index (κ1) is 21.2. The van der Waals surface area contributed by atoms with E-state index in [-0.39, 0.29) is 18.3 Å². The van der Waals surface area contributed by atoms with Gasteiger partial charge in [-0.3, -0.25) is 9.59 Å². The molecular weight excluding hydrogens is 380 g/mol. The van der Waals surface area contributed by atoms with Gasteiger partial charge in [-0.25, -0.2) is 4.68 Å². The van der Waals surface area contributed by atoms with Crippen molar-refractivity contribution in [2.75, 3.05) is 13.1 Å². The molecule has 1 unspecified atom stereocenters. The van der Waals surface area contributed by atoms with Crippen LogP contribution in [0.5, 0.6) is 5.75 Å². The molecule has 7 nitrogen and oxygen atoms in total. The Hall–Kier alpha value is -3.06. The van der Waals surface area contributed by atoms with Gasteiger partial charge in [0.1, 0.15) is 17.5 Å². The van der Waals surface area contributed by atoms with E-state index in [0.717, 1.165) is 0 Å². The topological polar surface area (TPSA) is 76.5 Å². The molecule has 0 saturated carbocycles. The van der Waals surface area contributed by atoms with E-state index in [9.17, 15) is 9.59 Å². The van der Waals surface area contributed by atoms with Gasteiger partial charge in [-0.15, -0.1) is 13.2 Å². The van der Waals surface area contributed by atoms with Crippen molar-refractivity contribution in [3.05, 3.63) is 72.6 Å². The Balaban J connectivity index is 1.94. The highest BCUT2D eigenvalue weighted by molar-refractivity contribution is 6.32. The predicted molar refractivity (Wildman–Crippen MR) is 108 cm³/mol. The van der Waals surface area contributed by atoms with Crippen LogP contribution in [-0.4, -0.2) is 45.6 Å². The lowest BCUT2D eigenvalue weighted by Crippen LogP contribution is -2.47. The molecule has 2 rings (SSSR count). The van der Waals surface area contributed by atoms with Crippen molar-refractivity contribution in [1.82, 2.24) is 20.0 Å². The summed E-state index contributed by atoms with van der Waals surface area (Å²) in [4.78, 5) is 26.4. The van der Waals surface area contributed by atoms with Crippen molar-refractivity contribution in [2.45, 2.75) is 19.7 Å². The Morgan fingerprint density at radius 1 is 1.29 bits per heavy atom. The van der Waals surface area contributed by atoms with E-state index >= 15 is 0 Å². The molecule has 1 aromatic heterocycles. The Morgan fingerprint density at radius 3 is 2.61 bits per heavy atom. The van der Waals surface area contributed by atoms with Gasteiger partial charge in [0.25, 0.3) is 5.91 Å². The van der Waals surface area contributed by atoms with Crippen molar-refractivity contribution in [3.63, 3.8) is 0 Å². The van der Waals surface area contributed by atoms with E-state index in [2.05, 4.69) is 23.6 Å². The zero-order valence-electron chi connectivity index (χ0n) is 15.7. The highest BCUT2D eigenvalue weighted by atomic mass is 35.5. The standard InChI is InChI=1S/C20H23ClN4O3/c1-4-11-24(12-5-2)20(27)15(3)22-19(26)17-10-13-25(23-17)14-28-18-9-7-6-8-16(18)21/h4-10,13,15H,1-2,11-12,14H2,3H3,(H,22,26). The molecule has 0 bridgehead atoms. The van der Waals surface area contributed by atoms with Crippen molar-refractivity contribution in [1.29, 1.82) is 0 Å². The van der Waals surface area contributed by atoms with Gasteiger partial charge < -0.3 is 15.0 Å². The van der Waals surface area contributed by atoms with Gasteiger partial charge >= 0.3 is 0 Å². The predicted octanol–water partition coefficient (Wildman–Crippen LogP) is 2.89. The van der Waals surface area contributed by atoms with E-state index in [1.54, 1.807) is 54.4 Å². The summed E-state index contributed by atoms with van der Waals surface area (Å²) in [6.45, 7) is 9.73. The zero-order valence-corrected chi connectivity index (χ0v) is 16.4. The van der Waals surface area contributed by atoms with E-state index < -0.39 is 11.9 Å². The Kier molecular flexibility index (Phi) is 7.83. The minimum absolute atomic E-state index is 0.0952. The maximum absolute atomic E-state index is 12.4. The second-order valence-electron chi connectivity index (χ2n) is 5.96. The molecule has 148 valence electrons. The highest BCUT2D eigenvalue weighted by Crippen LogP contribution is 2.23. The largest absolute Gasteiger partial charge is 0.470 e. The summed E-state index contributed by atoms with van der Waals surface area (Å²) < 4.78 is 7.04. The SMILES string of the molecule is C=CCN(CC=C)C(=O)C(C)NC(=O)c1ccn(COc2ccccc2Cl)n1. The van der Waals surface area contributed by atoms with Gasteiger partial charge in [-0.1, -0.05) is 35.9 Å². The minimum Gasteiger partial charge on any atom is -0.470 e. The summed E-state index contributed by atoms with van der Waals surface area (Å²) in [6.07, 6.45) is 4.85. The van der Waals surface area contributed by atoms with Crippen molar-refractivity contribution in [3.8, 4) is 5.75 Å². The molecule has 8 heteroatoms. The van der Waals surface area contributed by atoms with Gasteiger partial charge in [0.15, 0.2) is 6.73 Å². The summed E-state index contributed by atoms with van der Waals surface area (Å²) in [7, 11) is 0. The molecule has 1 heterocycles. The first-order valence-corrected chi connectivity index (χ1v) is 9.06. The van der Waals surface area contributed by atoms with E-state index in [1.165, 1.54) is 4.68 Å². The van der Waals surface area contributed by atoms with Gasteiger partial charge in [0.05, 0.1) is 5.02 Å². The molecule has 0 aliphatic heterocycles. The molecule has 0 aliphatic rings. The number of halogens is 1. The average molecular weight is 403 g/mol. The second kappa shape index (κ2) is 10.3. The lowest BCUT2D eigenvalue weighted by Gasteiger charge is -2.23. The Morgan fingerprint density at radius 2 is 1.96 bits per heavy atom. The molecule has 1 aromatic carbocycles. The normalized spacial score (nSPS) is 11.4. The summed E-state index contributed by atoms with van der Waals surface area (Å²) in [6, 6.07) is 7.91. The monoisotopic (exact) mass is 402 g/mol. The Bertz CT molecular complexity index is 839. The van der Waals surface area contributed by atoms with Gasteiger partial charge in [-0.2, -0.15) is 5.10 Å². The van der Waals surface area contributed by atoms with Crippen LogP contribution >= 0.6 is 11.6 Å². The van der Waals surface area contributed by atoms with Crippen LogP contribution in [0.15, 0.2) is 61.8 Å². The van der Waals surface area contributed by atoms with Gasteiger partial charge in [0.2, 0.25) is 5.91 Å². The molecule has 0 radical (unpaired) electrons. The highest BCUT2D eigenvalue weighted by Gasteiger charge is 2.22. The third-order valence-electron chi connectivity index (χ3n) is 3.79. The van der Waals surface area contributed by atoms with Crippen LogP contribution in [0.2, 0.25) is 5.02 Å².